The number of anilines is 1. The Morgan fingerprint density at radius 1 is 1.19 bits per heavy atom. The number of nitrogens with zero attached hydrogens (tertiary/aromatic N) is 2. The van der Waals surface area contributed by atoms with Crippen molar-refractivity contribution < 1.29 is 9.47 Å². The first-order chi connectivity index (χ1) is 15.0. The fraction of sp³-hybridized carbons (Fsp3) is 0.480. The number of benzene rings is 2. The van der Waals surface area contributed by atoms with Gasteiger partial charge in [0.2, 0.25) is 0 Å². The molecule has 6 heteroatoms. The molecule has 1 fully saturated rings. The number of hydrogen-bond acceptors (Lipinski definition) is 4. The summed E-state index contributed by atoms with van der Waals surface area (Å²) in [5, 5.41) is 6.80. The topological polar surface area (TPSA) is 58.1 Å². The van der Waals surface area contributed by atoms with Crippen molar-refractivity contribution in [2.75, 3.05) is 45.4 Å². The van der Waals surface area contributed by atoms with E-state index < -0.39 is 0 Å². The summed E-state index contributed by atoms with van der Waals surface area (Å²) in [4.78, 5) is 6.88. The standard InChI is InChI=1S/C25H36N4O2/c1-5-26-25(27-15-20-7-6-8-23(14-20)29(3)4)28-16-22-10-9-19(2)13-24(22)31-18-21-11-12-30-17-21/h6-10,13-14,21H,5,11-12,15-18H2,1-4H3,(H2,26,27,28). The van der Waals surface area contributed by atoms with Crippen LogP contribution in [0, 0.1) is 12.8 Å². The molecule has 0 aromatic heterocycles. The second kappa shape index (κ2) is 11.6. The second-order valence-corrected chi connectivity index (χ2v) is 8.26. The summed E-state index contributed by atoms with van der Waals surface area (Å²) in [5.74, 6) is 2.22. The molecule has 1 atom stereocenters. The summed E-state index contributed by atoms with van der Waals surface area (Å²) in [6.45, 7) is 8.59. The van der Waals surface area contributed by atoms with Gasteiger partial charge in [-0.25, -0.2) is 4.99 Å². The highest BCUT2D eigenvalue weighted by Gasteiger charge is 2.17. The number of aryl methyl sites for hydroxylation is 1. The van der Waals surface area contributed by atoms with Gasteiger partial charge < -0.3 is 25.0 Å². The first-order valence-electron chi connectivity index (χ1n) is 11.1. The summed E-state index contributed by atoms with van der Waals surface area (Å²) in [6.07, 6.45) is 1.08. The highest BCUT2D eigenvalue weighted by Crippen LogP contribution is 2.22. The molecule has 2 aromatic rings. The van der Waals surface area contributed by atoms with Crippen LogP contribution in [0.25, 0.3) is 0 Å². The van der Waals surface area contributed by atoms with Crippen LogP contribution in [0.15, 0.2) is 47.5 Å². The van der Waals surface area contributed by atoms with E-state index in [1.54, 1.807) is 0 Å². The SMILES string of the molecule is CCNC(=NCc1cccc(N(C)C)c1)NCc1ccc(C)cc1OCC1CCOC1. The molecule has 31 heavy (non-hydrogen) atoms. The number of rotatable bonds is 9. The Bertz CT molecular complexity index is 860. The first kappa shape index (κ1) is 22.9. The van der Waals surface area contributed by atoms with Gasteiger partial charge in [-0.15, -0.1) is 0 Å². The zero-order valence-corrected chi connectivity index (χ0v) is 19.3. The third kappa shape index (κ3) is 7.17. The quantitative estimate of drug-likeness (QED) is 0.475. The first-order valence-corrected chi connectivity index (χ1v) is 11.1. The molecule has 1 unspecified atom stereocenters. The third-order valence-electron chi connectivity index (χ3n) is 5.36. The molecule has 1 saturated heterocycles. The van der Waals surface area contributed by atoms with Gasteiger partial charge in [-0.1, -0.05) is 24.3 Å². The van der Waals surface area contributed by atoms with Gasteiger partial charge in [-0.2, -0.15) is 0 Å². The Balaban J connectivity index is 1.63. The lowest BCUT2D eigenvalue weighted by Gasteiger charge is -2.17. The number of nitrogens with one attached hydrogen (secondary N) is 2. The van der Waals surface area contributed by atoms with E-state index in [2.05, 4.69) is 85.9 Å². The number of hydrogen-bond donors (Lipinski definition) is 2. The Morgan fingerprint density at radius 3 is 2.81 bits per heavy atom. The minimum Gasteiger partial charge on any atom is -0.493 e. The van der Waals surface area contributed by atoms with Gasteiger partial charge in [0.25, 0.3) is 0 Å². The molecule has 0 amide bonds. The molecule has 0 bridgehead atoms. The van der Waals surface area contributed by atoms with Crippen molar-refractivity contribution in [2.24, 2.45) is 10.9 Å². The molecule has 0 radical (unpaired) electrons. The lowest BCUT2D eigenvalue weighted by Crippen LogP contribution is -2.36. The maximum atomic E-state index is 6.17. The van der Waals surface area contributed by atoms with E-state index in [9.17, 15) is 0 Å². The van der Waals surface area contributed by atoms with E-state index in [1.807, 2.05) is 0 Å². The average Bonchev–Trinajstić information content (AvgIpc) is 3.29. The van der Waals surface area contributed by atoms with Gasteiger partial charge in [0.1, 0.15) is 5.75 Å². The monoisotopic (exact) mass is 424 g/mol. The van der Waals surface area contributed by atoms with Crippen molar-refractivity contribution in [3.05, 3.63) is 59.2 Å². The molecule has 2 N–H and O–H groups in total. The summed E-state index contributed by atoms with van der Waals surface area (Å²) in [6, 6.07) is 14.8. The molecular weight excluding hydrogens is 388 g/mol. The van der Waals surface area contributed by atoms with Crippen LogP contribution in [0.3, 0.4) is 0 Å². The van der Waals surface area contributed by atoms with Crippen molar-refractivity contribution in [3.8, 4) is 5.75 Å². The van der Waals surface area contributed by atoms with Crippen LogP contribution < -0.4 is 20.3 Å². The van der Waals surface area contributed by atoms with Crippen LogP contribution in [-0.2, 0) is 17.8 Å². The zero-order chi connectivity index (χ0) is 22.1. The van der Waals surface area contributed by atoms with Crippen molar-refractivity contribution in [3.63, 3.8) is 0 Å². The van der Waals surface area contributed by atoms with Crippen LogP contribution in [0.5, 0.6) is 5.75 Å². The van der Waals surface area contributed by atoms with E-state index in [1.165, 1.54) is 16.8 Å². The number of ether oxygens (including phenoxy) is 2. The molecule has 0 spiro atoms. The molecule has 1 aliphatic rings. The largest absolute Gasteiger partial charge is 0.493 e. The average molecular weight is 425 g/mol. The van der Waals surface area contributed by atoms with Gasteiger partial charge in [0, 0.05) is 51.0 Å². The minimum atomic E-state index is 0.484. The molecular formula is C25H36N4O2. The van der Waals surface area contributed by atoms with Crippen molar-refractivity contribution in [1.29, 1.82) is 0 Å². The zero-order valence-electron chi connectivity index (χ0n) is 19.3. The third-order valence-corrected chi connectivity index (χ3v) is 5.36. The molecule has 0 saturated carbocycles. The molecule has 1 heterocycles. The predicted octanol–water partition coefficient (Wildman–Crippen LogP) is 3.73. The van der Waals surface area contributed by atoms with Crippen LogP contribution in [0.2, 0.25) is 0 Å². The summed E-state index contributed by atoms with van der Waals surface area (Å²) in [5.41, 5.74) is 4.69. The Kier molecular flexibility index (Phi) is 8.59. The number of aliphatic imine (C=N–C) groups is 1. The second-order valence-electron chi connectivity index (χ2n) is 8.26. The smallest absolute Gasteiger partial charge is 0.191 e. The Hall–Kier alpha value is -2.73. The molecule has 3 rings (SSSR count). The lowest BCUT2D eigenvalue weighted by molar-refractivity contribution is 0.166. The highest BCUT2D eigenvalue weighted by atomic mass is 16.5. The van der Waals surface area contributed by atoms with Crippen LogP contribution >= 0.6 is 0 Å². The lowest BCUT2D eigenvalue weighted by atomic mass is 10.1. The molecule has 0 aliphatic carbocycles. The van der Waals surface area contributed by atoms with E-state index in [4.69, 9.17) is 14.5 Å². The Morgan fingerprint density at radius 2 is 2.06 bits per heavy atom. The Labute approximate surface area is 186 Å². The van der Waals surface area contributed by atoms with E-state index >= 15 is 0 Å². The normalized spacial score (nSPS) is 16.3. The molecule has 1 aliphatic heterocycles. The van der Waals surface area contributed by atoms with Crippen molar-refractivity contribution in [2.45, 2.75) is 33.4 Å². The molecule has 6 nitrogen and oxygen atoms in total. The van der Waals surface area contributed by atoms with Gasteiger partial charge in [0.05, 0.1) is 19.8 Å². The minimum absolute atomic E-state index is 0.484. The summed E-state index contributed by atoms with van der Waals surface area (Å²) >= 11 is 0. The van der Waals surface area contributed by atoms with Crippen LogP contribution in [0.1, 0.15) is 30.0 Å². The van der Waals surface area contributed by atoms with Gasteiger partial charge in [-0.05, 0) is 49.6 Å². The van der Waals surface area contributed by atoms with Gasteiger partial charge >= 0.3 is 0 Å². The maximum Gasteiger partial charge on any atom is 0.191 e. The van der Waals surface area contributed by atoms with E-state index in [-0.39, 0.29) is 0 Å². The highest BCUT2D eigenvalue weighted by molar-refractivity contribution is 5.79. The van der Waals surface area contributed by atoms with Crippen LogP contribution in [-0.4, -0.2) is 46.4 Å². The van der Waals surface area contributed by atoms with Crippen LogP contribution in [0.4, 0.5) is 5.69 Å². The fourth-order valence-corrected chi connectivity index (χ4v) is 3.49. The van der Waals surface area contributed by atoms with E-state index in [0.29, 0.717) is 25.6 Å². The number of guanidine groups is 1. The molecule has 2 aromatic carbocycles. The van der Waals surface area contributed by atoms with Gasteiger partial charge in [-0.3, -0.25) is 0 Å². The van der Waals surface area contributed by atoms with Crippen molar-refractivity contribution in [1.82, 2.24) is 10.6 Å². The summed E-state index contributed by atoms with van der Waals surface area (Å²) in [7, 11) is 4.10. The molecule has 168 valence electrons. The van der Waals surface area contributed by atoms with E-state index in [0.717, 1.165) is 43.5 Å². The summed E-state index contributed by atoms with van der Waals surface area (Å²) < 4.78 is 11.6. The fourth-order valence-electron chi connectivity index (χ4n) is 3.49. The van der Waals surface area contributed by atoms with Gasteiger partial charge in [0.15, 0.2) is 5.96 Å². The maximum absolute atomic E-state index is 6.17. The predicted molar refractivity (Wildman–Crippen MR) is 128 cm³/mol. The van der Waals surface area contributed by atoms with Crippen molar-refractivity contribution >= 4 is 11.6 Å².